The van der Waals surface area contributed by atoms with Gasteiger partial charge in [0.1, 0.15) is 0 Å². The molecule has 3 fully saturated rings. The smallest absolute Gasteiger partial charge is 0.257 e. The van der Waals surface area contributed by atoms with Gasteiger partial charge >= 0.3 is 0 Å². The molecule has 3 N–H and O–H groups in total. The van der Waals surface area contributed by atoms with Gasteiger partial charge in [0.25, 0.3) is 5.91 Å². The molecule has 2 atom stereocenters. The molecule has 33 heavy (non-hydrogen) atoms. The van der Waals surface area contributed by atoms with Crippen molar-refractivity contribution in [2.45, 2.75) is 88.6 Å². The molecule has 1 aromatic carbocycles. The van der Waals surface area contributed by atoms with Crippen LogP contribution in [0.15, 0.2) is 30.3 Å². The molecule has 0 bridgehead atoms. The molecule has 0 radical (unpaired) electrons. The Morgan fingerprint density at radius 2 is 1.58 bits per heavy atom. The zero-order valence-corrected chi connectivity index (χ0v) is 20.8. The molecule has 1 aromatic rings. The molecule has 0 aromatic heterocycles. The van der Waals surface area contributed by atoms with Gasteiger partial charge in [0.2, 0.25) is 0 Å². The van der Waals surface area contributed by atoms with Gasteiger partial charge in [-0.3, -0.25) is 15.0 Å². The Hall–Kier alpha value is -1.50. The molecular formula is C27H41N3O2S. The number of hydrogen-bond acceptors (Lipinski definition) is 4. The normalized spacial score (nSPS) is 28.1. The molecular weight excluding hydrogens is 430 g/mol. The molecule has 2 aliphatic carbocycles. The van der Waals surface area contributed by atoms with Gasteiger partial charge in [-0.25, -0.2) is 0 Å². The summed E-state index contributed by atoms with van der Waals surface area (Å²) in [5, 5.41) is 17.6. The Labute approximate surface area is 204 Å². The Kier molecular flexibility index (Phi) is 8.78. The summed E-state index contributed by atoms with van der Waals surface area (Å²) in [4.78, 5) is 15.4. The van der Waals surface area contributed by atoms with Gasteiger partial charge in [-0.2, -0.15) is 0 Å². The quantitative estimate of drug-likeness (QED) is 0.431. The molecule has 182 valence electrons. The van der Waals surface area contributed by atoms with E-state index in [1.165, 1.54) is 64.2 Å². The maximum atomic E-state index is 12.8. The van der Waals surface area contributed by atoms with Crippen LogP contribution >= 0.6 is 12.2 Å². The first kappa shape index (κ1) is 24.6. The van der Waals surface area contributed by atoms with E-state index in [-0.39, 0.29) is 24.0 Å². The lowest BCUT2D eigenvalue weighted by Gasteiger charge is -2.43. The monoisotopic (exact) mass is 471 g/mol. The number of aliphatic hydroxyl groups excluding tert-OH is 1. The molecule has 0 spiro atoms. The number of likely N-dealkylation sites (tertiary alicyclic amines) is 1. The fourth-order valence-corrected chi connectivity index (χ4v) is 6.89. The van der Waals surface area contributed by atoms with E-state index in [0.717, 1.165) is 25.9 Å². The molecule has 1 amide bonds. The van der Waals surface area contributed by atoms with Crippen LogP contribution in [0.3, 0.4) is 0 Å². The van der Waals surface area contributed by atoms with Crippen LogP contribution in [0.1, 0.15) is 87.4 Å². The number of thiocarbonyl (C=S) groups is 1. The summed E-state index contributed by atoms with van der Waals surface area (Å²) in [6.45, 7) is 1.98. The summed E-state index contributed by atoms with van der Waals surface area (Å²) < 4.78 is 0. The third-order valence-electron chi connectivity index (χ3n) is 8.40. The fourth-order valence-electron chi connectivity index (χ4n) is 6.61. The van der Waals surface area contributed by atoms with Crippen LogP contribution in [0.2, 0.25) is 0 Å². The van der Waals surface area contributed by atoms with Crippen molar-refractivity contribution in [1.29, 1.82) is 0 Å². The molecule has 4 rings (SSSR count). The van der Waals surface area contributed by atoms with Gasteiger partial charge in [0.15, 0.2) is 5.11 Å². The summed E-state index contributed by atoms with van der Waals surface area (Å²) in [6.07, 6.45) is 15.2. The van der Waals surface area contributed by atoms with E-state index in [9.17, 15) is 9.90 Å². The fraction of sp³-hybridized carbons (Fsp3) is 0.704. The van der Waals surface area contributed by atoms with E-state index in [4.69, 9.17) is 12.2 Å². The number of carbonyl (C=O) groups is 1. The number of hydrogen-bond donors (Lipinski definition) is 3. The number of aliphatic hydroxyl groups is 1. The van der Waals surface area contributed by atoms with Crippen LogP contribution in [0.25, 0.3) is 0 Å². The number of amides is 1. The molecule has 6 heteroatoms. The zero-order chi connectivity index (χ0) is 23.1. The number of benzene rings is 1. The number of nitrogens with one attached hydrogen (secondary N) is 2. The predicted molar refractivity (Wildman–Crippen MR) is 137 cm³/mol. The SMILES string of the molecule is O=C(NC(=S)N[C@@]1(C2CCCCCC2)CN(C2CCCCCC2)C[C@H]1CO)c1ccccc1. The van der Waals surface area contributed by atoms with E-state index in [1.807, 2.05) is 18.2 Å². The largest absolute Gasteiger partial charge is 0.396 e. The lowest BCUT2D eigenvalue weighted by atomic mass is 9.72. The van der Waals surface area contributed by atoms with E-state index in [0.29, 0.717) is 22.6 Å². The highest BCUT2D eigenvalue weighted by Gasteiger charge is 2.52. The summed E-state index contributed by atoms with van der Waals surface area (Å²) in [5.41, 5.74) is 0.322. The van der Waals surface area contributed by atoms with Crippen LogP contribution in [-0.4, -0.2) is 52.3 Å². The second-order valence-corrected chi connectivity index (χ2v) is 10.9. The minimum absolute atomic E-state index is 0.121. The second kappa shape index (κ2) is 11.8. The summed E-state index contributed by atoms with van der Waals surface area (Å²) in [6, 6.07) is 9.84. The van der Waals surface area contributed by atoms with Crippen LogP contribution in [0.5, 0.6) is 0 Å². The first-order valence-electron chi connectivity index (χ1n) is 13.2. The van der Waals surface area contributed by atoms with Gasteiger partial charge in [0, 0.05) is 37.2 Å². The van der Waals surface area contributed by atoms with E-state index in [2.05, 4.69) is 15.5 Å². The van der Waals surface area contributed by atoms with E-state index >= 15 is 0 Å². The van der Waals surface area contributed by atoms with Crippen LogP contribution in [0.4, 0.5) is 0 Å². The standard InChI is InChI=1S/C27H41N3O2S/c31-19-23-18-30(24-16-10-3-4-11-17-24)20-27(23,22-14-8-1-2-9-15-22)29-26(33)28-25(32)21-12-6-5-7-13-21/h5-7,12-13,22-24,31H,1-4,8-11,14-20H2,(H2,28,29,32,33)/t23-,27+/m0/s1. The maximum Gasteiger partial charge on any atom is 0.257 e. The van der Waals surface area contributed by atoms with Crippen molar-refractivity contribution in [3.63, 3.8) is 0 Å². The van der Waals surface area contributed by atoms with Crippen molar-refractivity contribution in [3.05, 3.63) is 35.9 Å². The van der Waals surface area contributed by atoms with Gasteiger partial charge in [0.05, 0.1) is 5.54 Å². The van der Waals surface area contributed by atoms with Crippen molar-refractivity contribution in [2.24, 2.45) is 11.8 Å². The molecule has 5 nitrogen and oxygen atoms in total. The Morgan fingerprint density at radius 1 is 0.970 bits per heavy atom. The zero-order valence-electron chi connectivity index (χ0n) is 19.9. The summed E-state index contributed by atoms with van der Waals surface area (Å²) >= 11 is 5.72. The molecule has 1 heterocycles. The van der Waals surface area contributed by atoms with Crippen molar-refractivity contribution in [2.75, 3.05) is 19.7 Å². The first-order valence-corrected chi connectivity index (χ1v) is 13.6. The van der Waals surface area contributed by atoms with E-state index in [1.54, 1.807) is 12.1 Å². The van der Waals surface area contributed by atoms with Crippen LogP contribution < -0.4 is 10.6 Å². The molecule has 3 aliphatic rings. The third kappa shape index (κ3) is 5.95. The van der Waals surface area contributed by atoms with Gasteiger partial charge in [-0.05, 0) is 56.0 Å². The average Bonchev–Trinajstić information content (AvgIpc) is 3.07. The van der Waals surface area contributed by atoms with Gasteiger partial charge in [-0.15, -0.1) is 0 Å². The second-order valence-electron chi connectivity index (χ2n) is 10.5. The Balaban J connectivity index is 1.54. The Bertz CT molecular complexity index is 773. The highest BCUT2D eigenvalue weighted by atomic mass is 32.1. The van der Waals surface area contributed by atoms with Crippen molar-refractivity contribution < 1.29 is 9.90 Å². The van der Waals surface area contributed by atoms with Crippen molar-refractivity contribution >= 4 is 23.2 Å². The van der Waals surface area contributed by atoms with Crippen LogP contribution in [-0.2, 0) is 0 Å². The highest BCUT2D eigenvalue weighted by molar-refractivity contribution is 7.80. The summed E-state index contributed by atoms with van der Waals surface area (Å²) in [7, 11) is 0. The minimum atomic E-state index is -0.285. The van der Waals surface area contributed by atoms with Gasteiger partial charge in [-0.1, -0.05) is 69.6 Å². The predicted octanol–water partition coefficient (Wildman–Crippen LogP) is 4.65. The van der Waals surface area contributed by atoms with Crippen molar-refractivity contribution in [3.8, 4) is 0 Å². The highest BCUT2D eigenvalue weighted by Crippen LogP contribution is 2.42. The maximum absolute atomic E-state index is 12.8. The molecule has 1 saturated heterocycles. The molecule has 1 aliphatic heterocycles. The number of rotatable bonds is 5. The van der Waals surface area contributed by atoms with Crippen molar-refractivity contribution in [1.82, 2.24) is 15.5 Å². The van der Waals surface area contributed by atoms with Gasteiger partial charge < -0.3 is 10.4 Å². The lowest BCUT2D eigenvalue weighted by Crippen LogP contribution is -2.62. The average molecular weight is 472 g/mol. The van der Waals surface area contributed by atoms with Crippen LogP contribution in [0, 0.1) is 11.8 Å². The Morgan fingerprint density at radius 3 is 2.18 bits per heavy atom. The molecule has 2 saturated carbocycles. The number of nitrogens with zero attached hydrogens (tertiary/aromatic N) is 1. The topological polar surface area (TPSA) is 64.6 Å². The number of carbonyl (C=O) groups excluding carboxylic acids is 1. The third-order valence-corrected chi connectivity index (χ3v) is 8.61. The summed E-state index contributed by atoms with van der Waals surface area (Å²) in [5.74, 6) is 0.401. The minimum Gasteiger partial charge on any atom is -0.396 e. The van der Waals surface area contributed by atoms with E-state index < -0.39 is 0 Å². The lowest BCUT2D eigenvalue weighted by molar-refractivity contribution is 0.0967. The molecule has 0 unspecified atom stereocenters. The first-order chi connectivity index (χ1) is 16.1.